The van der Waals surface area contributed by atoms with E-state index in [-0.39, 0.29) is 17.9 Å². The van der Waals surface area contributed by atoms with Gasteiger partial charge >= 0.3 is 0 Å². The number of aliphatic hydroxyl groups is 1. The molecule has 0 aliphatic rings. The average molecular weight is 318 g/mol. The molecule has 1 amide bonds. The maximum atomic E-state index is 12.2. The highest BCUT2D eigenvalue weighted by Crippen LogP contribution is 2.26. The zero-order valence-corrected chi connectivity index (χ0v) is 14.0. The van der Waals surface area contributed by atoms with E-state index in [2.05, 4.69) is 10.3 Å². The molecule has 2 N–H and O–H groups in total. The zero-order valence-electron chi connectivity index (χ0n) is 13.2. The standard InChI is InChI=1S/C17H22N2O2S/c1-12-6-4-5-7-13(12)16-19-14(10-22-16)15(21)18-11-17(2,3)8-9-20/h4-7,10,20H,8-9,11H2,1-3H3,(H,18,21). The van der Waals surface area contributed by atoms with Gasteiger partial charge in [0.2, 0.25) is 0 Å². The topological polar surface area (TPSA) is 62.2 Å². The smallest absolute Gasteiger partial charge is 0.270 e. The molecule has 118 valence electrons. The van der Waals surface area contributed by atoms with Crippen molar-refractivity contribution in [3.63, 3.8) is 0 Å². The van der Waals surface area contributed by atoms with Crippen molar-refractivity contribution in [3.05, 3.63) is 40.9 Å². The molecule has 2 aromatic rings. The molecule has 0 unspecified atom stereocenters. The second kappa shape index (κ2) is 7.03. The van der Waals surface area contributed by atoms with Gasteiger partial charge in [-0.05, 0) is 24.3 Å². The van der Waals surface area contributed by atoms with Gasteiger partial charge in [0.15, 0.2) is 0 Å². The molecule has 1 aromatic carbocycles. The first-order chi connectivity index (χ1) is 10.4. The molecule has 5 heteroatoms. The number of hydrogen-bond acceptors (Lipinski definition) is 4. The molecule has 4 nitrogen and oxygen atoms in total. The van der Waals surface area contributed by atoms with Gasteiger partial charge in [0.25, 0.3) is 5.91 Å². The normalized spacial score (nSPS) is 11.5. The predicted octanol–water partition coefficient (Wildman–Crippen LogP) is 3.26. The van der Waals surface area contributed by atoms with Crippen molar-refractivity contribution in [2.75, 3.05) is 13.2 Å². The van der Waals surface area contributed by atoms with Crippen LogP contribution in [0.15, 0.2) is 29.6 Å². The Morgan fingerprint density at radius 1 is 1.36 bits per heavy atom. The number of aromatic nitrogens is 1. The second-order valence-corrected chi connectivity index (χ2v) is 7.03. The van der Waals surface area contributed by atoms with Gasteiger partial charge in [-0.3, -0.25) is 4.79 Å². The number of amides is 1. The van der Waals surface area contributed by atoms with Crippen molar-refractivity contribution < 1.29 is 9.90 Å². The lowest BCUT2D eigenvalue weighted by Crippen LogP contribution is -2.34. The van der Waals surface area contributed by atoms with Crippen molar-refractivity contribution in [2.45, 2.75) is 27.2 Å². The summed E-state index contributed by atoms with van der Waals surface area (Å²) in [6.45, 7) is 6.71. The number of carbonyl (C=O) groups is 1. The molecule has 0 fully saturated rings. The number of thiazole rings is 1. The maximum Gasteiger partial charge on any atom is 0.270 e. The van der Waals surface area contributed by atoms with E-state index in [0.717, 1.165) is 16.1 Å². The Morgan fingerprint density at radius 3 is 2.77 bits per heavy atom. The highest BCUT2D eigenvalue weighted by Gasteiger charge is 2.20. The van der Waals surface area contributed by atoms with Crippen molar-refractivity contribution in [3.8, 4) is 10.6 Å². The number of benzene rings is 1. The third-order valence-corrected chi connectivity index (χ3v) is 4.50. The van der Waals surface area contributed by atoms with Crippen molar-refractivity contribution in [2.24, 2.45) is 5.41 Å². The monoisotopic (exact) mass is 318 g/mol. The summed E-state index contributed by atoms with van der Waals surface area (Å²) in [6.07, 6.45) is 0.652. The number of aryl methyl sites for hydroxylation is 1. The summed E-state index contributed by atoms with van der Waals surface area (Å²) < 4.78 is 0. The average Bonchev–Trinajstić information content (AvgIpc) is 2.95. The Labute approximate surface area is 135 Å². The molecular weight excluding hydrogens is 296 g/mol. The lowest BCUT2D eigenvalue weighted by molar-refractivity contribution is 0.0924. The van der Waals surface area contributed by atoms with Gasteiger partial charge in [-0.2, -0.15) is 0 Å². The van der Waals surface area contributed by atoms with Crippen LogP contribution in [-0.2, 0) is 0 Å². The Kier molecular flexibility index (Phi) is 5.32. The number of aliphatic hydroxyl groups excluding tert-OH is 1. The number of nitrogens with zero attached hydrogens (tertiary/aromatic N) is 1. The maximum absolute atomic E-state index is 12.2. The first-order valence-corrected chi connectivity index (χ1v) is 8.21. The predicted molar refractivity (Wildman–Crippen MR) is 90.1 cm³/mol. The molecule has 0 atom stereocenters. The summed E-state index contributed by atoms with van der Waals surface area (Å²) in [6, 6.07) is 8.01. The van der Waals surface area contributed by atoms with E-state index in [4.69, 9.17) is 5.11 Å². The molecule has 1 aromatic heterocycles. The van der Waals surface area contributed by atoms with Crippen LogP contribution in [0.5, 0.6) is 0 Å². The van der Waals surface area contributed by atoms with Gasteiger partial charge < -0.3 is 10.4 Å². The third-order valence-electron chi connectivity index (χ3n) is 3.63. The lowest BCUT2D eigenvalue weighted by atomic mass is 9.90. The first-order valence-electron chi connectivity index (χ1n) is 7.33. The number of nitrogens with one attached hydrogen (secondary N) is 1. The van der Waals surface area contributed by atoms with Gasteiger partial charge in [0.1, 0.15) is 10.7 Å². The summed E-state index contributed by atoms with van der Waals surface area (Å²) in [5.74, 6) is -0.165. The fourth-order valence-electron chi connectivity index (χ4n) is 2.12. The van der Waals surface area contributed by atoms with Crippen molar-refractivity contribution >= 4 is 17.2 Å². The fourth-order valence-corrected chi connectivity index (χ4v) is 3.01. The molecule has 0 spiro atoms. The van der Waals surface area contributed by atoms with E-state index in [1.165, 1.54) is 11.3 Å². The molecule has 1 heterocycles. The van der Waals surface area contributed by atoms with Crippen LogP contribution in [0.4, 0.5) is 0 Å². The third kappa shape index (κ3) is 4.15. The SMILES string of the molecule is Cc1ccccc1-c1nc(C(=O)NCC(C)(C)CCO)cs1. The molecule has 0 aliphatic heterocycles. The van der Waals surface area contributed by atoms with Crippen LogP contribution in [0.3, 0.4) is 0 Å². The molecule has 22 heavy (non-hydrogen) atoms. The minimum Gasteiger partial charge on any atom is -0.396 e. The summed E-state index contributed by atoms with van der Waals surface area (Å²) in [5.41, 5.74) is 2.53. The first kappa shape index (κ1) is 16.6. The van der Waals surface area contributed by atoms with Crippen molar-refractivity contribution in [1.82, 2.24) is 10.3 Å². The van der Waals surface area contributed by atoms with E-state index in [1.54, 1.807) is 5.38 Å². The van der Waals surface area contributed by atoms with Crippen molar-refractivity contribution in [1.29, 1.82) is 0 Å². The summed E-state index contributed by atoms with van der Waals surface area (Å²) >= 11 is 1.48. The van der Waals surface area contributed by atoms with Crippen LogP contribution in [0.25, 0.3) is 10.6 Å². The van der Waals surface area contributed by atoms with E-state index >= 15 is 0 Å². The van der Waals surface area contributed by atoms with Crippen LogP contribution >= 0.6 is 11.3 Å². The number of hydrogen-bond donors (Lipinski definition) is 2. The van der Waals surface area contributed by atoms with Crippen LogP contribution in [0, 0.1) is 12.3 Å². The summed E-state index contributed by atoms with van der Waals surface area (Å²) in [5, 5.41) is 14.6. The Hall–Kier alpha value is -1.72. The number of carbonyl (C=O) groups excluding carboxylic acids is 1. The van der Waals surface area contributed by atoms with E-state index in [0.29, 0.717) is 18.7 Å². The van der Waals surface area contributed by atoms with Crippen LogP contribution in [0.1, 0.15) is 36.3 Å². The molecule has 0 saturated heterocycles. The Balaban J connectivity index is 2.05. The van der Waals surface area contributed by atoms with Gasteiger partial charge in [0.05, 0.1) is 0 Å². The quantitative estimate of drug-likeness (QED) is 0.859. The summed E-state index contributed by atoms with van der Waals surface area (Å²) in [7, 11) is 0. The summed E-state index contributed by atoms with van der Waals surface area (Å²) in [4.78, 5) is 16.6. The molecule has 2 rings (SSSR count). The second-order valence-electron chi connectivity index (χ2n) is 6.17. The largest absolute Gasteiger partial charge is 0.396 e. The minimum atomic E-state index is -0.165. The molecule has 0 saturated carbocycles. The fraction of sp³-hybridized carbons (Fsp3) is 0.412. The van der Waals surface area contributed by atoms with Gasteiger partial charge in [-0.1, -0.05) is 38.1 Å². The van der Waals surface area contributed by atoms with E-state index < -0.39 is 0 Å². The van der Waals surface area contributed by atoms with E-state index in [1.807, 2.05) is 45.0 Å². The highest BCUT2D eigenvalue weighted by molar-refractivity contribution is 7.13. The van der Waals surface area contributed by atoms with Gasteiger partial charge in [-0.15, -0.1) is 11.3 Å². The molecule has 0 radical (unpaired) electrons. The van der Waals surface area contributed by atoms with Crippen LogP contribution in [0.2, 0.25) is 0 Å². The van der Waals surface area contributed by atoms with Gasteiger partial charge in [0, 0.05) is 24.1 Å². The van der Waals surface area contributed by atoms with E-state index in [9.17, 15) is 4.79 Å². The number of rotatable bonds is 6. The molecule has 0 bridgehead atoms. The van der Waals surface area contributed by atoms with Crippen LogP contribution < -0.4 is 5.32 Å². The minimum absolute atomic E-state index is 0.122. The van der Waals surface area contributed by atoms with Crippen LogP contribution in [-0.4, -0.2) is 29.1 Å². The Morgan fingerprint density at radius 2 is 2.09 bits per heavy atom. The molecule has 0 aliphatic carbocycles. The van der Waals surface area contributed by atoms with Gasteiger partial charge in [-0.25, -0.2) is 4.98 Å². The highest BCUT2D eigenvalue weighted by atomic mass is 32.1. The Bertz CT molecular complexity index is 650. The molecular formula is C17H22N2O2S. The zero-order chi connectivity index (χ0) is 16.2. The lowest BCUT2D eigenvalue weighted by Gasteiger charge is -2.23.